The molecular weight excluding hydrogens is 422 g/mol. The van der Waals surface area contributed by atoms with Gasteiger partial charge in [-0.1, -0.05) is 92.7 Å². The van der Waals surface area contributed by atoms with Gasteiger partial charge in [-0.25, -0.2) is 0 Å². The second-order valence-electron chi connectivity index (χ2n) is 8.96. The molecule has 34 heavy (non-hydrogen) atoms. The second-order valence-corrected chi connectivity index (χ2v) is 8.96. The predicted molar refractivity (Wildman–Crippen MR) is 137 cm³/mol. The molecule has 0 bridgehead atoms. The summed E-state index contributed by atoms with van der Waals surface area (Å²) in [6.07, 6.45) is 0. The van der Waals surface area contributed by atoms with Crippen molar-refractivity contribution in [2.75, 3.05) is 6.54 Å². The van der Waals surface area contributed by atoms with Crippen LogP contribution in [0.25, 0.3) is 22.2 Å². The molecule has 2 amide bonds. The average molecular weight is 454 g/mol. The minimum atomic E-state index is -0.578. The third kappa shape index (κ3) is 5.04. The normalized spacial score (nSPS) is 12.9. The van der Waals surface area contributed by atoms with Gasteiger partial charge >= 0.3 is 0 Å². The number of amides is 2. The number of aromatic amines is 1. The Labute approximate surface area is 200 Å². The number of benzene rings is 3. The first kappa shape index (κ1) is 23.3. The summed E-state index contributed by atoms with van der Waals surface area (Å²) in [6.45, 7) is 5.71. The van der Waals surface area contributed by atoms with Crippen LogP contribution >= 0.6 is 0 Å². The Balaban J connectivity index is 1.77. The fourth-order valence-electron chi connectivity index (χ4n) is 4.50. The molecule has 0 aliphatic heterocycles. The lowest BCUT2D eigenvalue weighted by Crippen LogP contribution is -2.49. The highest BCUT2D eigenvalue weighted by Crippen LogP contribution is 2.38. The van der Waals surface area contributed by atoms with Gasteiger partial charge in [0.1, 0.15) is 6.04 Å². The van der Waals surface area contributed by atoms with Gasteiger partial charge in [0.25, 0.3) is 0 Å². The molecule has 5 nitrogen and oxygen atoms in total. The van der Waals surface area contributed by atoms with E-state index in [0.717, 1.165) is 33.3 Å². The first-order valence-corrected chi connectivity index (χ1v) is 11.7. The van der Waals surface area contributed by atoms with Crippen molar-refractivity contribution in [3.8, 4) is 11.3 Å². The van der Waals surface area contributed by atoms with E-state index < -0.39 is 6.04 Å². The Morgan fingerprint density at radius 2 is 1.47 bits per heavy atom. The number of carbonyl (C=O) groups excluding carboxylic acids is 2. The van der Waals surface area contributed by atoms with Crippen molar-refractivity contribution in [2.24, 2.45) is 5.92 Å². The van der Waals surface area contributed by atoms with Crippen molar-refractivity contribution in [1.82, 2.24) is 15.6 Å². The van der Waals surface area contributed by atoms with E-state index in [2.05, 4.69) is 52.0 Å². The molecule has 2 atom stereocenters. The summed E-state index contributed by atoms with van der Waals surface area (Å²) >= 11 is 0. The molecule has 0 radical (unpaired) electrons. The fraction of sp³-hybridized carbons (Fsp3) is 0.241. The zero-order valence-electron chi connectivity index (χ0n) is 19.8. The molecule has 1 heterocycles. The summed E-state index contributed by atoms with van der Waals surface area (Å²) < 4.78 is 0. The van der Waals surface area contributed by atoms with E-state index >= 15 is 0 Å². The minimum Gasteiger partial charge on any atom is -0.354 e. The lowest BCUT2D eigenvalue weighted by Gasteiger charge is -2.24. The number of hydrogen-bond donors (Lipinski definition) is 3. The van der Waals surface area contributed by atoms with Crippen LogP contribution in [0.1, 0.15) is 37.8 Å². The molecule has 4 aromatic rings. The van der Waals surface area contributed by atoms with Crippen molar-refractivity contribution < 1.29 is 9.59 Å². The molecule has 3 N–H and O–H groups in total. The highest BCUT2D eigenvalue weighted by Gasteiger charge is 2.27. The SMILES string of the molecule is CC(=O)NC(C(=O)NCC(c1ccccc1)c1c(-c2ccccc2)[nH]c2ccccc12)C(C)C. The van der Waals surface area contributed by atoms with Gasteiger partial charge in [0.15, 0.2) is 0 Å². The standard InChI is InChI=1S/C29H31N3O2/c1-19(2)27(31-20(3)33)29(34)30-18-24(21-12-6-4-7-13-21)26-23-16-10-11-17-25(23)32-28(26)22-14-8-5-9-15-22/h4-17,19,24,27,32H,18H2,1-3H3,(H,30,34)(H,31,33). The van der Waals surface area contributed by atoms with E-state index in [9.17, 15) is 9.59 Å². The molecular formula is C29H31N3O2. The largest absolute Gasteiger partial charge is 0.354 e. The van der Waals surface area contributed by atoms with Crippen LogP contribution in [-0.2, 0) is 9.59 Å². The molecule has 5 heteroatoms. The van der Waals surface area contributed by atoms with E-state index in [0.29, 0.717) is 6.54 Å². The van der Waals surface area contributed by atoms with Crippen LogP contribution in [0.5, 0.6) is 0 Å². The van der Waals surface area contributed by atoms with E-state index in [4.69, 9.17) is 0 Å². The number of carbonyl (C=O) groups is 2. The van der Waals surface area contributed by atoms with Gasteiger partial charge in [-0.3, -0.25) is 9.59 Å². The highest BCUT2D eigenvalue weighted by atomic mass is 16.2. The summed E-state index contributed by atoms with van der Waals surface area (Å²) in [7, 11) is 0. The minimum absolute atomic E-state index is 0.0213. The molecule has 0 aliphatic carbocycles. The molecule has 2 unspecified atom stereocenters. The van der Waals surface area contributed by atoms with Crippen LogP contribution in [0.3, 0.4) is 0 Å². The summed E-state index contributed by atoms with van der Waals surface area (Å²) in [5.41, 5.74) is 5.47. The van der Waals surface area contributed by atoms with Crippen molar-refractivity contribution >= 4 is 22.7 Å². The molecule has 0 saturated carbocycles. The van der Waals surface area contributed by atoms with Crippen LogP contribution < -0.4 is 10.6 Å². The van der Waals surface area contributed by atoms with Crippen molar-refractivity contribution in [3.63, 3.8) is 0 Å². The highest BCUT2D eigenvalue weighted by molar-refractivity contribution is 5.92. The number of aromatic nitrogens is 1. The van der Waals surface area contributed by atoms with Crippen LogP contribution in [0.15, 0.2) is 84.9 Å². The van der Waals surface area contributed by atoms with Crippen molar-refractivity contribution in [2.45, 2.75) is 32.7 Å². The predicted octanol–water partition coefficient (Wildman–Crippen LogP) is 5.24. The monoisotopic (exact) mass is 453 g/mol. The van der Waals surface area contributed by atoms with E-state index in [1.54, 1.807) is 0 Å². The van der Waals surface area contributed by atoms with Gasteiger partial charge in [0.05, 0.1) is 5.69 Å². The average Bonchev–Trinajstić information content (AvgIpc) is 3.23. The zero-order chi connectivity index (χ0) is 24.1. The number of para-hydroxylation sites is 1. The summed E-state index contributed by atoms with van der Waals surface area (Å²) in [4.78, 5) is 28.4. The molecule has 4 rings (SSSR count). The molecule has 3 aromatic carbocycles. The van der Waals surface area contributed by atoms with E-state index in [-0.39, 0.29) is 23.7 Å². The van der Waals surface area contributed by atoms with Crippen LogP contribution in [-0.4, -0.2) is 29.4 Å². The summed E-state index contributed by atoms with van der Waals surface area (Å²) in [6, 6.07) is 28.2. The number of H-pyrrole nitrogens is 1. The zero-order valence-corrected chi connectivity index (χ0v) is 19.8. The Bertz CT molecular complexity index is 1260. The molecule has 0 aliphatic rings. The van der Waals surface area contributed by atoms with Gasteiger partial charge in [-0.15, -0.1) is 0 Å². The molecule has 0 fully saturated rings. The lowest BCUT2D eigenvalue weighted by molar-refractivity contribution is -0.129. The van der Waals surface area contributed by atoms with Gasteiger partial charge in [0.2, 0.25) is 11.8 Å². The summed E-state index contributed by atoms with van der Waals surface area (Å²) in [5, 5.41) is 7.05. The quantitative estimate of drug-likeness (QED) is 0.341. The fourth-order valence-corrected chi connectivity index (χ4v) is 4.50. The maximum atomic E-state index is 13.1. The lowest BCUT2D eigenvalue weighted by atomic mass is 9.87. The van der Waals surface area contributed by atoms with E-state index in [1.165, 1.54) is 6.92 Å². The number of hydrogen-bond acceptors (Lipinski definition) is 2. The molecule has 1 aromatic heterocycles. The maximum Gasteiger partial charge on any atom is 0.242 e. The van der Waals surface area contributed by atoms with Crippen molar-refractivity contribution in [3.05, 3.63) is 96.1 Å². The molecule has 174 valence electrons. The van der Waals surface area contributed by atoms with Gasteiger partial charge < -0.3 is 15.6 Å². The number of nitrogens with one attached hydrogen (secondary N) is 3. The summed E-state index contributed by atoms with van der Waals surface area (Å²) in [5.74, 6) is -0.489. The van der Waals surface area contributed by atoms with Crippen LogP contribution in [0.2, 0.25) is 0 Å². The topological polar surface area (TPSA) is 74.0 Å². The van der Waals surface area contributed by atoms with Gasteiger partial charge in [0, 0.05) is 30.3 Å². The smallest absolute Gasteiger partial charge is 0.242 e. The Morgan fingerprint density at radius 3 is 2.12 bits per heavy atom. The second kappa shape index (κ2) is 10.4. The third-order valence-corrected chi connectivity index (χ3v) is 6.15. The first-order valence-electron chi connectivity index (χ1n) is 11.7. The molecule has 0 saturated heterocycles. The maximum absolute atomic E-state index is 13.1. The van der Waals surface area contributed by atoms with Crippen molar-refractivity contribution in [1.29, 1.82) is 0 Å². The van der Waals surface area contributed by atoms with Gasteiger partial charge in [-0.2, -0.15) is 0 Å². The van der Waals surface area contributed by atoms with Crippen LogP contribution in [0, 0.1) is 5.92 Å². The molecule has 0 spiro atoms. The Kier molecular flexibility index (Phi) is 7.12. The third-order valence-electron chi connectivity index (χ3n) is 6.15. The van der Waals surface area contributed by atoms with E-state index in [1.807, 2.05) is 62.4 Å². The Hall–Kier alpha value is -3.86. The van der Waals surface area contributed by atoms with Gasteiger partial charge in [-0.05, 0) is 28.7 Å². The number of rotatable bonds is 8. The first-order chi connectivity index (χ1) is 16.5. The Morgan fingerprint density at radius 1 is 0.853 bits per heavy atom. The van der Waals surface area contributed by atoms with Crippen LogP contribution in [0.4, 0.5) is 0 Å². The number of fused-ring (bicyclic) bond motifs is 1.